The maximum atomic E-state index is 12.0. The summed E-state index contributed by atoms with van der Waals surface area (Å²) in [6.45, 7) is 9.15. The first-order valence-corrected chi connectivity index (χ1v) is 7.55. The lowest BCUT2D eigenvalue weighted by molar-refractivity contribution is -0.132. The van der Waals surface area contributed by atoms with Crippen LogP contribution in [-0.2, 0) is 9.53 Å². The second kappa shape index (κ2) is 7.50. The molecule has 0 unspecified atom stereocenters. The van der Waals surface area contributed by atoms with Crippen LogP contribution in [-0.4, -0.2) is 41.6 Å². The highest BCUT2D eigenvalue weighted by molar-refractivity contribution is 5.76. The minimum absolute atomic E-state index is 0.0569. The normalized spacial score (nSPS) is 17.5. The maximum absolute atomic E-state index is 12.0. The standard InChI is InChI=1S/C15H28N2O3/c1-12(16-14(19)20-15(2,3)4)8-9-13(18)17-10-6-5-7-11-17/h12H,5-11H2,1-4H3,(H,16,19)/t12-/m1/s1. The Bertz CT molecular complexity index is 331. The van der Waals surface area contributed by atoms with Gasteiger partial charge in [0.15, 0.2) is 0 Å². The Morgan fingerprint density at radius 2 is 1.80 bits per heavy atom. The van der Waals surface area contributed by atoms with E-state index in [4.69, 9.17) is 4.74 Å². The Morgan fingerprint density at radius 3 is 2.35 bits per heavy atom. The van der Waals surface area contributed by atoms with Gasteiger partial charge in [-0.05, 0) is 53.4 Å². The van der Waals surface area contributed by atoms with Gasteiger partial charge in [0.2, 0.25) is 5.91 Å². The van der Waals surface area contributed by atoms with Crippen molar-refractivity contribution in [2.45, 2.75) is 71.4 Å². The lowest BCUT2D eigenvalue weighted by Gasteiger charge is -2.27. The number of carbonyl (C=O) groups excluding carboxylic acids is 2. The molecule has 0 aliphatic carbocycles. The number of hydrogen-bond acceptors (Lipinski definition) is 3. The predicted octanol–water partition coefficient (Wildman–Crippen LogP) is 2.69. The van der Waals surface area contributed by atoms with E-state index in [1.54, 1.807) is 0 Å². The van der Waals surface area contributed by atoms with Crippen LogP contribution in [0, 0.1) is 0 Å². The van der Waals surface area contributed by atoms with Crippen LogP contribution in [0.3, 0.4) is 0 Å². The van der Waals surface area contributed by atoms with Crippen LogP contribution in [0.5, 0.6) is 0 Å². The number of likely N-dealkylation sites (tertiary alicyclic amines) is 1. The third kappa shape index (κ3) is 6.78. The third-order valence-electron chi connectivity index (χ3n) is 3.26. The van der Waals surface area contributed by atoms with Crippen LogP contribution >= 0.6 is 0 Å². The highest BCUT2D eigenvalue weighted by Gasteiger charge is 2.20. The van der Waals surface area contributed by atoms with E-state index in [2.05, 4.69) is 5.32 Å². The van der Waals surface area contributed by atoms with Crippen LogP contribution in [0.4, 0.5) is 4.79 Å². The van der Waals surface area contributed by atoms with E-state index < -0.39 is 11.7 Å². The van der Waals surface area contributed by atoms with Gasteiger partial charge in [-0.2, -0.15) is 0 Å². The number of ether oxygens (including phenoxy) is 1. The van der Waals surface area contributed by atoms with Gasteiger partial charge < -0.3 is 15.0 Å². The van der Waals surface area contributed by atoms with Crippen LogP contribution in [0.25, 0.3) is 0 Å². The quantitative estimate of drug-likeness (QED) is 0.863. The molecule has 0 bridgehead atoms. The van der Waals surface area contributed by atoms with Gasteiger partial charge in [-0.1, -0.05) is 0 Å². The molecule has 116 valence electrons. The summed E-state index contributed by atoms with van der Waals surface area (Å²) in [7, 11) is 0. The fraction of sp³-hybridized carbons (Fsp3) is 0.867. The number of piperidine rings is 1. The summed E-state index contributed by atoms with van der Waals surface area (Å²) in [6, 6.07) is -0.0569. The Kier molecular flexibility index (Phi) is 6.30. The fourth-order valence-corrected chi connectivity index (χ4v) is 2.22. The Labute approximate surface area is 122 Å². The molecule has 1 aliphatic rings. The molecule has 1 aliphatic heterocycles. The summed E-state index contributed by atoms with van der Waals surface area (Å²) in [4.78, 5) is 25.5. The van der Waals surface area contributed by atoms with Gasteiger partial charge >= 0.3 is 6.09 Å². The van der Waals surface area contributed by atoms with Crippen molar-refractivity contribution in [3.05, 3.63) is 0 Å². The van der Waals surface area contributed by atoms with Gasteiger partial charge in [0, 0.05) is 25.6 Å². The van der Waals surface area contributed by atoms with Gasteiger partial charge in [0.05, 0.1) is 0 Å². The van der Waals surface area contributed by atoms with Gasteiger partial charge in [0.25, 0.3) is 0 Å². The first-order valence-electron chi connectivity index (χ1n) is 7.55. The maximum Gasteiger partial charge on any atom is 0.407 e. The molecule has 1 heterocycles. The summed E-state index contributed by atoms with van der Waals surface area (Å²) in [5.74, 6) is 0.197. The molecule has 20 heavy (non-hydrogen) atoms. The molecule has 5 nitrogen and oxygen atoms in total. The molecule has 1 atom stereocenters. The van der Waals surface area contributed by atoms with Crippen molar-refractivity contribution in [2.24, 2.45) is 0 Å². The van der Waals surface area contributed by atoms with E-state index in [9.17, 15) is 9.59 Å². The van der Waals surface area contributed by atoms with Crippen molar-refractivity contribution in [2.75, 3.05) is 13.1 Å². The topological polar surface area (TPSA) is 58.6 Å². The number of hydrogen-bond donors (Lipinski definition) is 1. The molecule has 1 fully saturated rings. The molecule has 1 rings (SSSR count). The molecular weight excluding hydrogens is 256 g/mol. The summed E-state index contributed by atoms with van der Waals surface area (Å²) in [5, 5.41) is 2.76. The lowest BCUT2D eigenvalue weighted by atomic mass is 10.1. The van der Waals surface area contributed by atoms with E-state index in [0.29, 0.717) is 12.8 Å². The van der Waals surface area contributed by atoms with Crippen molar-refractivity contribution in [3.8, 4) is 0 Å². The van der Waals surface area contributed by atoms with Crippen molar-refractivity contribution < 1.29 is 14.3 Å². The molecule has 0 aromatic carbocycles. The zero-order valence-corrected chi connectivity index (χ0v) is 13.2. The second-order valence-electron chi connectivity index (χ2n) is 6.53. The Hall–Kier alpha value is -1.26. The van der Waals surface area contributed by atoms with Gasteiger partial charge in [-0.25, -0.2) is 4.79 Å². The molecule has 5 heteroatoms. The summed E-state index contributed by atoms with van der Waals surface area (Å²) < 4.78 is 5.19. The molecule has 2 amide bonds. The monoisotopic (exact) mass is 284 g/mol. The molecule has 1 N–H and O–H groups in total. The van der Waals surface area contributed by atoms with E-state index in [0.717, 1.165) is 25.9 Å². The average Bonchev–Trinajstić information content (AvgIpc) is 2.34. The first-order chi connectivity index (χ1) is 9.28. The summed E-state index contributed by atoms with van der Waals surface area (Å²) in [5.41, 5.74) is -0.493. The first kappa shape index (κ1) is 16.8. The van der Waals surface area contributed by atoms with Crippen molar-refractivity contribution in [3.63, 3.8) is 0 Å². The Balaban J connectivity index is 2.23. The molecular formula is C15H28N2O3. The minimum Gasteiger partial charge on any atom is -0.444 e. The number of amides is 2. The van der Waals surface area contributed by atoms with E-state index in [1.807, 2.05) is 32.6 Å². The summed E-state index contributed by atoms with van der Waals surface area (Å²) >= 11 is 0. The smallest absolute Gasteiger partial charge is 0.407 e. The highest BCUT2D eigenvalue weighted by Crippen LogP contribution is 2.12. The van der Waals surface area contributed by atoms with E-state index >= 15 is 0 Å². The molecule has 1 saturated heterocycles. The van der Waals surface area contributed by atoms with E-state index in [-0.39, 0.29) is 11.9 Å². The number of rotatable bonds is 4. The van der Waals surface area contributed by atoms with Crippen LogP contribution in [0.1, 0.15) is 59.8 Å². The minimum atomic E-state index is -0.493. The lowest BCUT2D eigenvalue weighted by Crippen LogP contribution is -2.39. The third-order valence-corrected chi connectivity index (χ3v) is 3.26. The number of nitrogens with one attached hydrogen (secondary N) is 1. The SMILES string of the molecule is C[C@H](CCC(=O)N1CCCCC1)NC(=O)OC(C)(C)C. The van der Waals surface area contributed by atoms with Crippen molar-refractivity contribution in [1.29, 1.82) is 0 Å². The molecule has 0 radical (unpaired) electrons. The average molecular weight is 284 g/mol. The van der Waals surface area contributed by atoms with Crippen molar-refractivity contribution >= 4 is 12.0 Å². The number of nitrogens with zero attached hydrogens (tertiary/aromatic N) is 1. The van der Waals surface area contributed by atoms with Gasteiger partial charge in [0.1, 0.15) is 5.60 Å². The molecule has 0 aromatic rings. The predicted molar refractivity (Wildman–Crippen MR) is 78.5 cm³/mol. The zero-order valence-electron chi connectivity index (χ0n) is 13.2. The van der Waals surface area contributed by atoms with Gasteiger partial charge in [-0.15, -0.1) is 0 Å². The second-order valence-corrected chi connectivity index (χ2v) is 6.53. The van der Waals surface area contributed by atoms with Crippen LogP contribution < -0.4 is 5.32 Å². The largest absolute Gasteiger partial charge is 0.444 e. The van der Waals surface area contributed by atoms with Crippen molar-refractivity contribution in [1.82, 2.24) is 10.2 Å². The van der Waals surface area contributed by atoms with Crippen LogP contribution in [0.2, 0.25) is 0 Å². The van der Waals surface area contributed by atoms with E-state index in [1.165, 1.54) is 6.42 Å². The fourth-order valence-electron chi connectivity index (χ4n) is 2.22. The van der Waals surface area contributed by atoms with Crippen LogP contribution in [0.15, 0.2) is 0 Å². The number of carbonyl (C=O) groups is 2. The Morgan fingerprint density at radius 1 is 1.20 bits per heavy atom. The zero-order chi connectivity index (χ0) is 15.2. The molecule has 0 spiro atoms. The molecule has 0 saturated carbocycles. The summed E-state index contributed by atoms with van der Waals surface area (Å²) in [6.07, 6.45) is 4.15. The van der Waals surface area contributed by atoms with Gasteiger partial charge in [-0.3, -0.25) is 4.79 Å². The highest BCUT2D eigenvalue weighted by atomic mass is 16.6. The number of alkyl carbamates (subject to hydrolysis) is 1. The molecule has 0 aromatic heterocycles.